The van der Waals surface area contributed by atoms with Crippen LogP contribution in [-0.4, -0.2) is 59.0 Å². The summed E-state index contributed by atoms with van der Waals surface area (Å²) in [5.41, 5.74) is 0. The minimum absolute atomic E-state index is 0.198. The molecule has 1 heterocycles. The highest BCUT2D eigenvalue weighted by molar-refractivity contribution is 5.79. The molecule has 1 saturated heterocycles. The summed E-state index contributed by atoms with van der Waals surface area (Å²) in [4.78, 5) is 26.4. The van der Waals surface area contributed by atoms with E-state index in [1.807, 2.05) is 16.7 Å². The van der Waals surface area contributed by atoms with Gasteiger partial charge >= 0.3 is 5.97 Å². The smallest absolute Gasteiger partial charge is 0.303 e. The van der Waals surface area contributed by atoms with E-state index in [1.165, 1.54) is 0 Å². The van der Waals surface area contributed by atoms with Gasteiger partial charge in [0.1, 0.15) is 0 Å². The maximum absolute atomic E-state index is 12.0. The van der Waals surface area contributed by atoms with Crippen molar-refractivity contribution in [2.24, 2.45) is 5.92 Å². The minimum Gasteiger partial charge on any atom is -0.481 e. The molecule has 2 aliphatic rings. The number of likely N-dealkylation sites (N-methyl/N-ethyl adjacent to an activating group) is 1. The Morgan fingerprint density at radius 1 is 1.35 bits per heavy atom. The topological polar surface area (TPSA) is 60.9 Å². The molecule has 1 aliphatic heterocycles. The van der Waals surface area contributed by atoms with Gasteiger partial charge in [-0.15, -0.1) is 0 Å². The van der Waals surface area contributed by atoms with Gasteiger partial charge in [0.25, 0.3) is 0 Å². The Balaban J connectivity index is 1.68. The van der Waals surface area contributed by atoms with Crippen molar-refractivity contribution in [3.8, 4) is 0 Å². The van der Waals surface area contributed by atoms with Crippen LogP contribution < -0.4 is 0 Å². The molecule has 2 rings (SSSR count). The third-order valence-corrected chi connectivity index (χ3v) is 3.50. The molecule has 0 spiro atoms. The van der Waals surface area contributed by atoms with E-state index >= 15 is 0 Å². The number of rotatable bonds is 6. The molecule has 0 atom stereocenters. The fraction of sp³-hybridized carbons (Fsp3) is 0.833. The van der Waals surface area contributed by atoms with E-state index in [9.17, 15) is 9.59 Å². The van der Waals surface area contributed by atoms with Gasteiger partial charge < -0.3 is 10.0 Å². The molecule has 17 heavy (non-hydrogen) atoms. The predicted molar refractivity (Wildman–Crippen MR) is 62.6 cm³/mol. The third-order valence-electron chi connectivity index (χ3n) is 3.50. The Morgan fingerprint density at radius 3 is 2.47 bits per heavy atom. The van der Waals surface area contributed by atoms with E-state index in [2.05, 4.69) is 0 Å². The van der Waals surface area contributed by atoms with Crippen LogP contribution >= 0.6 is 0 Å². The standard InChI is InChI=1S/C12H20N2O3/c1-2-14(10-3-4-10)11(15)8-13-6-9(7-13)5-12(16)17/h9-10H,2-8H2,1H3,(H,16,17). The molecule has 5 nitrogen and oxygen atoms in total. The molecule has 5 heteroatoms. The third kappa shape index (κ3) is 3.19. The highest BCUT2D eigenvalue weighted by Crippen LogP contribution is 2.27. The molecule has 0 aromatic heterocycles. The zero-order valence-corrected chi connectivity index (χ0v) is 10.3. The lowest BCUT2D eigenvalue weighted by molar-refractivity contribution is -0.140. The second-order valence-electron chi connectivity index (χ2n) is 5.07. The molecule has 0 aromatic carbocycles. The maximum Gasteiger partial charge on any atom is 0.303 e. The zero-order chi connectivity index (χ0) is 12.4. The summed E-state index contributed by atoms with van der Waals surface area (Å²) in [7, 11) is 0. The van der Waals surface area contributed by atoms with Gasteiger partial charge in [0.15, 0.2) is 0 Å². The van der Waals surface area contributed by atoms with Gasteiger partial charge in [0.05, 0.1) is 13.0 Å². The Bertz CT molecular complexity index is 309. The number of carboxylic acids is 1. The number of carbonyl (C=O) groups excluding carboxylic acids is 1. The van der Waals surface area contributed by atoms with Crippen LogP contribution in [0.4, 0.5) is 0 Å². The lowest BCUT2D eigenvalue weighted by Gasteiger charge is -2.39. The minimum atomic E-state index is -0.742. The average molecular weight is 240 g/mol. The summed E-state index contributed by atoms with van der Waals surface area (Å²) < 4.78 is 0. The fourth-order valence-electron chi connectivity index (χ4n) is 2.49. The van der Waals surface area contributed by atoms with Crippen LogP contribution in [0.3, 0.4) is 0 Å². The van der Waals surface area contributed by atoms with Crippen molar-refractivity contribution in [2.75, 3.05) is 26.2 Å². The molecule has 96 valence electrons. The monoisotopic (exact) mass is 240 g/mol. The van der Waals surface area contributed by atoms with Gasteiger partial charge in [-0.25, -0.2) is 0 Å². The van der Waals surface area contributed by atoms with Gasteiger partial charge in [-0.3, -0.25) is 14.5 Å². The first-order valence-electron chi connectivity index (χ1n) is 6.33. The van der Waals surface area contributed by atoms with E-state index in [0.717, 1.165) is 32.5 Å². The summed E-state index contributed by atoms with van der Waals surface area (Å²) in [6.07, 6.45) is 2.51. The molecular formula is C12H20N2O3. The Labute approximate surface area is 101 Å². The van der Waals surface area contributed by atoms with Crippen molar-refractivity contribution < 1.29 is 14.7 Å². The summed E-state index contributed by atoms with van der Waals surface area (Å²) >= 11 is 0. The van der Waals surface area contributed by atoms with Crippen LogP contribution in [0.15, 0.2) is 0 Å². The number of carboxylic acid groups (broad SMARTS) is 1. The molecule has 1 saturated carbocycles. The fourth-order valence-corrected chi connectivity index (χ4v) is 2.49. The number of amides is 1. The van der Waals surface area contributed by atoms with E-state index in [-0.39, 0.29) is 18.2 Å². The highest BCUT2D eigenvalue weighted by Gasteiger charge is 2.35. The van der Waals surface area contributed by atoms with E-state index in [4.69, 9.17) is 5.11 Å². The summed E-state index contributed by atoms with van der Waals surface area (Å²) in [6, 6.07) is 0.476. The van der Waals surface area contributed by atoms with Crippen molar-refractivity contribution in [1.82, 2.24) is 9.80 Å². The summed E-state index contributed by atoms with van der Waals surface area (Å²) in [6.45, 7) is 4.76. The first kappa shape index (κ1) is 12.4. The van der Waals surface area contributed by atoms with Crippen LogP contribution in [-0.2, 0) is 9.59 Å². The Kier molecular flexibility index (Phi) is 3.66. The van der Waals surface area contributed by atoms with Crippen LogP contribution in [0.5, 0.6) is 0 Å². The number of hydrogen-bond donors (Lipinski definition) is 1. The highest BCUT2D eigenvalue weighted by atomic mass is 16.4. The quantitative estimate of drug-likeness (QED) is 0.730. The van der Waals surface area contributed by atoms with Gasteiger partial charge in [-0.1, -0.05) is 0 Å². The number of likely N-dealkylation sites (tertiary alicyclic amines) is 1. The van der Waals surface area contributed by atoms with Gasteiger partial charge in [0, 0.05) is 25.7 Å². The van der Waals surface area contributed by atoms with Crippen molar-refractivity contribution in [1.29, 1.82) is 0 Å². The van der Waals surface area contributed by atoms with Crippen molar-refractivity contribution >= 4 is 11.9 Å². The molecule has 0 unspecified atom stereocenters. The molecule has 1 amide bonds. The first-order valence-corrected chi connectivity index (χ1v) is 6.33. The van der Waals surface area contributed by atoms with E-state index in [0.29, 0.717) is 12.6 Å². The molecule has 0 radical (unpaired) electrons. The SMILES string of the molecule is CCN(C(=O)CN1CC(CC(=O)O)C1)C1CC1. The number of nitrogens with zero attached hydrogens (tertiary/aromatic N) is 2. The van der Waals surface area contributed by atoms with Gasteiger partial charge in [-0.2, -0.15) is 0 Å². The molecule has 2 fully saturated rings. The number of aliphatic carboxylic acids is 1. The van der Waals surface area contributed by atoms with Crippen molar-refractivity contribution in [3.63, 3.8) is 0 Å². The van der Waals surface area contributed by atoms with Crippen LogP contribution in [0.2, 0.25) is 0 Å². The first-order chi connectivity index (χ1) is 8.10. The molecule has 0 bridgehead atoms. The largest absolute Gasteiger partial charge is 0.481 e. The lowest BCUT2D eigenvalue weighted by Crippen LogP contribution is -2.52. The Morgan fingerprint density at radius 2 is 2.00 bits per heavy atom. The lowest BCUT2D eigenvalue weighted by atomic mass is 9.96. The molecule has 0 aromatic rings. The summed E-state index contributed by atoms with van der Waals surface area (Å²) in [5, 5.41) is 8.63. The van der Waals surface area contributed by atoms with Crippen LogP contribution in [0.1, 0.15) is 26.2 Å². The molecule has 1 N–H and O–H groups in total. The van der Waals surface area contributed by atoms with Crippen LogP contribution in [0, 0.1) is 5.92 Å². The number of carbonyl (C=O) groups is 2. The summed E-state index contributed by atoms with van der Waals surface area (Å²) in [5.74, 6) is -0.311. The van der Waals surface area contributed by atoms with Crippen LogP contribution in [0.25, 0.3) is 0 Å². The second kappa shape index (κ2) is 5.04. The second-order valence-corrected chi connectivity index (χ2v) is 5.07. The van der Waals surface area contributed by atoms with E-state index in [1.54, 1.807) is 0 Å². The van der Waals surface area contributed by atoms with Gasteiger partial charge in [-0.05, 0) is 25.7 Å². The molecular weight excluding hydrogens is 220 g/mol. The van der Waals surface area contributed by atoms with Crippen molar-refractivity contribution in [2.45, 2.75) is 32.2 Å². The number of hydrogen-bond acceptors (Lipinski definition) is 3. The molecule has 1 aliphatic carbocycles. The zero-order valence-electron chi connectivity index (χ0n) is 10.3. The van der Waals surface area contributed by atoms with Gasteiger partial charge in [0.2, 0.25) is 5.91 Å². The normalized spacial score (nSPS) is 21.0. The average Bonchev–Trinajstić information content (AvgIpc) is 2.99. The predicted octanol–water partition coefficient (Wildman–Crippen LogP) is 0.404. The Hall–Kier alpha value is -1.10. The maximum atomic E-state index is 12.0. The van der Waals surface area contributed by atoms with Crippen molar-refractivity contribution in [3.05, 3.63) is 0 Å². The van der Waals surface area contributed by atoms with E-state index < -0.39 is 5.97 Å².